The molecule has 18 heavy (non-hydrogen) atoms. The largest absolute Gasteiger partial charge is 0.480 e. The molecular formula is C8H10N6O4. The van der Waals surface area contributed by atoms with E-state index in [1.54, 1.807) is 7.05 Å². The van der Waals surface area contributed by atoms with Crippen LogP contribution < -0.4 is 11.3 Å². The molecule has 0 amide bonds. The Balaban J connectivity index is 2.43. The van der Waals surface area contributed by atoms with Gasteiger partial charge in [-0.25, -0.2) is 4.68 Å². The van der Waals surface area contributed by atoms with Crippen LogP contribution in [0.2, 0.25) is 0 Å². The van der Waals surface area contributed by atoms with Crippen LogP contribution >= 0.6 is 0 Å². The maximum Gasteiger partial charge on any atom is 0.320 e. The molecule has 0 saturated carbocycles. The molecule has 2 heterocycles. The summed E-state index contributed by atoms with van der Waals surface area (Å²) >= 11 is 0. The van der Waals surface area contributed by atoms with E-state index in [0.29, 0.717) is 0 Å². The monoisotopic (exact) mass is 254 g/mol. The summed E-state index contributed by atoms with van der Waals surface area (Å²) in [5.41, 5.74) is 4.93. The molecule has 2 rings (SSSR count). The number of rotatable bonds is 4. The van der Waals surface area contributed by atoms with Gasteiger partial charge in [0.05, 0.1) is 5.56 Å². The van der Waals surface area contributed by atoms with Gasteiger partial charge in [0.25, 0.3) is 5.56 Å². The van der Waals surface area contributed by atoms with Crippen molar-refractivity contribution < 1.29 is 14.4 Å². The van der Waals surface area contributed by atoms with Gasteiger partial charge in [-0.3, -0.25) is 9.59 Å². The fraction of sp³-hybridized carbons (Fsp3) is 0.375. The molecule has 0 spiro atoms. The summed E-state index contributed by atoms with van der Waals surface area (Å²) in [6.07, 6.45) is -0.177. The maximum absolute atomic E-state index is 11.5. The summed E-state index contributed by atoms with van der Waals surface area (Å²) in [5.74, 6) is -0.914. The van der Waals surface area contributed by atoms with Gasteiger partial charge in [-0.15, -0.1) is 5.10 Å². The number of carbonyl (C=O) groups is 1. The van der Waals surface area contributed by atoms with E-state index in [2.05, 4.69) is 20.7 Å². The molecule has 2 aromatic rings. The third-order valence-corrected chi connectivity index (χ3v) is 2.36. The van der Waals surface area contributed by atoms with Crippen molar-refractivity contribution in [2.75, 3.05) is 0 Å². The van der Waals surface area contributed by atoms with Crippen LogP contribution in [0.25, 0.3) is 11.6 Å². The highest BCUT2D eigenvalue weighted by Crippen LogP contribution is 2.18. The lowest BCUT2D eigenvalue weighted by Gasteiger charge is -2.03. The predicted molar refractivity (Wildman–Crippen MR) is 56.4 cm³/mol. The van der Waals surface area contributed by atoms with Crippen molar-refractivity contribution in [3.05, 3.63) is 15.9 Å². The summed E-state index contributed by atoms with van der Waals surface area (Å²) in [5, 5.41) is 21.5. The highest BCUT2D eigenvalue weighted by atomic mass is 16.5. The van der Waals surface area contributed by atoms with Gasteiger partial charge >= 0.3 is 5.97 Å². The average Bonchev–Trinajstić information content (AvgIpc) is 2.86. The molecule has 10 nitrogen and oxygen atoms in total. The number of aromatic amines is 1. The highest BCUT2D eigenvalue weighted by molar-refractivity contribution is 5.74. The molecule has 0 radical (unpaired) electrons. The van der Waals surface area contributed by atoms with Crippen LogP contribution in [0.3, 0.4) is 0 Å². The minimum atomic E-state index is -1.21. The number of carboxylic acids is 1. The number of hydrogen-bond acceptors (Lipinski definition) is 7. The van der Waals surface area contributed by atoms with Crippen molar-refractivity contribution in [3.8, 4) is 11.6 Å². The highest BCUT2D eigenvalue weighted by Gasteiger charge is 2.24. The van der Waals surface area contributed by atoms with E-state index in [4.69, 9.17) is 15.4 Å². The SMILES string of the molecule is Cn1nnnc1-c1o[nH]c(=O)c1C[C@H](N)C(=O)O. The Bertz CT molecular complexity index is 626. The number of H-pyrrole nitrogens is 1. The molecule has 0 unspecified atom stereocenters. The second kappa shape index (κ2) is 4.41. The lowest BCUT2D eigenvalue weighted by atomic mass is 10.1. The Morgan fingerprint density at radius 2 is 2.39 bits per heavy atom. The number of nitrogens with one attached hydrogen (secondary N) is 1. The van der Waals surface area contributed by atoms with Gasteiger partial charge in [-0.1, -0.05) is 0 Å². The number of tetrazole rings is 1. The van der Waals surface area contributed by atoms with E-state index < -0.39 is 17.6 Å². The third-order valence-electron chi connectivity index (χ3n) is 2.36. The average molecular weight is 254 g/mol. The molecule has 10 heteroatoms. The van der Waals surface area contributed by atoms with E-state index in [-0.39, 0.29) is 23.6 Å². The Morgan fingerprint density at radius 1 is 1.67 bits per heavy atom. The van der Waals surface area contributed by atoms with Gasteiger partial charge in [-0.05, 0) is 10.4 Å². The van der Waals surface area contributed by atoms with E-state index in [1.807, 2.05) is 0 Å². The Hall–Kier alpha value is -2.49. The lowest BCUT2D eigenvalue weighted by molar-refractivity contribution is -0.138. The van der Waals surface area contributed by atoms with Crippen molar-refractivity contribution >= 4 is 5.97 Å². The zero-order valence-corrected chi connectivity index (χ0v) is 9.32. The molecule has 0 fully saturated rings. The number of hydrogen-bond donors (Lipinski definition) is 3. The van der Waals surface area contributed by atoms with E-state index in [1.165, 1.54) is 4.68 Å². The number of nitrogens with two attached hydrogens (primary N) is 1. The maximum atomic E-state index is 11.5. The zero-order chi connectivity index (χ0) is 13.3. The number of nitrogens with zero attached hydrogens (tertiary/aromatic N) is 4. The first-order chi connectivity index (χ1) is 8.50. The fourth-order valence-electron chi connectivity index (χ4n) is 1.42. The zero-order valence-electron chi connectivity index (χ0n) is 9.32. The van der Waals surface area contributed by atoms with Crippen LogP contribution in [-0.2, 0) is 18.3 Å². The number of aryl methyl sites for hydroxylation is 1. The molecule has 0 bridgehead atoms. The number of aliphatic carboxylic acids is 1. The predicted octanol–water partition coefficient (Wildman–Crippen LogP) is -1.89. The first-order valence-electron chi connectivity index (χ1n) is 4.92. The second-order valence-corrected chi connectivity index (χ2v) is 3.62. The van der Waals surface area contributed by atoms with Crippen LogP contribution in [0.5, 0.6) is 0 Å². The lowest BCUT2D eigenvalue weighted by Crippen LogP contribution is -2.33. The van der Waals surface area contributed by atoms with Gasteiger partial charge in [-0.2, -0.15) is 5.16 Å². The van der Waals surface area contributed by atoms with Crippen LogP contribution in [0.1, 0.15) is 5.56 Å². The van der Waals surface area contributed by atoms with Gasteiger partial charge in [0.15, 0.2) is 0 Å². The molecule has 4 N–H and O–H groups in total. The molecule has 0 saturated heterocycles. The van der Waals surface area contributed by atoms with Crippen molar-refractivity contribution in [2.24, 2.45) is 12.8 Å². The Kier molecular flexibility index (Phi) is 2.93. The van der Waals surface area contributed by atoms with Gasteiger partial charge in [0.1, 0.15) is 6.04 Å². The molecular weight excluding hydrogens is 244 g/mol. The minimum Gasteiger partial charge on any atom is -0.480 e. The van der Waals surface area contributed by atoms with Crippen molar-refractivity contribution in [2.45, 2.75) is 12.5 Å². The standard InChI is InChI=1S/C8H10N6O4/c1-14-6(10-12-13-14)5-3(7(15)11-18-5)2-4(9)8(16)17/h4H,2,9H2,1H3,(H,11,15)(H,16,17)/t4-/m0/s1. The Morgan fingerprint density at radius 3 is 2.94 bits per heavy atom. The van der Waals surface area contributed by atoms with E-state index in [9.17, 15) is 9.59 Å². The van der Waals surface area contributed by atoms with Crippen molar-refractivity contribution in [3.63, 3.8) is 0 Å². The van der Waals surface area contributed by atoms with Crippen LogP contribution in [-0.4, -0.2) is 42.5 Å². The van der Waals surface area contributed by atoms with E-state index >= 15 is 0 Å². The van der Waals surface area contributed by atoms with Crippen LogP contribution in [0, 0.1) is 0 Å². The smallest absolute Gasteiger partial charge is 0.320 e. The summed E-state index contributed by atoms with van der Waals surface area (Å²) in [6.45, 7) is 0. The summed E-state index contributed by atoms with van der Waals surface area (Å²) in [4.78, 5) is 22.2. The topological polar surface area (TPSA) is 153 Å². The first kappa shape index (κ1) is 12.0. The minimum absolute atomic E-state index is 0.0872. The normalized spacial score (nSPS) is 12.6. The van der Waals surface area contributed by atoms with E-state index in [0.717, 1.165) is 0 Å². The molecule has 0 aliphatic rings. The van der Waals surface area contributed by atoms with Gasteiger partial charge < -0.3 is 15.4 Å². The quantitative estimate of drug-likeness (QED) is 0.572. The van der Waals surface area contributed by atoms with Crippen LogP contribution in [0.4, 0.5) is 0 Å². The van der Waals surface area contributed by atoms with Gasteiger partial charge in [0.2, 0.25) is 11.6 Å². The molecule has 0 aliphatic carbocycles. The fourth-order valence-corrected chi connectivity index (χ4v) is 1.42. The third kappa shape index (κ3) is 2.00. The van der Waals surface area contributed by atoms with Crippen molar-refractivity contribution in [1.29, 1.82) is 0 Å². The summed E-state index contributed by atoms with van der Waals surface area (Å²) in [6, 6.07) is -1.20. The van der Waals surface area contributed by atoms with Crippen LogP contribution in [0.15, 0.2) is 9.32 Å². The molecule has 0 aromatic carbocycles. The molecule has 96 valence electrons. The number of aromatic nitrogens is 5. The first-order valence-corrected chi connectivity index (χ1v) is 4.92. The van der Waals surface area contributed by atoms with Crippen molar-refractivity contribution in [1.82, 2.24) is 25.4 Å². The summed E-state index contributed by atoms with van der Waals surface area (Å²) in [7, 11) is 1.56. The second-order valence-electron chi connectivity index (χ2n) is 3.62. The number of carboxylic acid groups (broad SMARTS) is 1. The molecule has 0 aliphatic heterocycles. The Labute approximate surface area is 99.4 Å². The molecule has 1 atom stereocenters. The summed E-state index contributed by atoms with van der Waals surface area (Å²) < 4.78 is 6.25. The molecule has 2 aromatic heterocycles. The van der Waals surface area contributed by atoms with Gasteiger partial charge in [0, 0.05) is 13.5 Å².